The minimum atomic E-state index is -0.0800. The minimum absolute atomic E-state index is 0.0530. The molecule has 0 fully saturated rings. The second kappa shape index (κ2) is 8.87. The second-order valence-corrected chi connectivity index (χ2v) is 7.39. The first-order valence-electron chi connectivity index (χ1n) is 8.83. The molecule has 1 atom stereocenters. The molecule has 4 heteroatoms. The maximum Gasteiger partial charge on any atom is 0.251 e. The van der Waals surface area contributed by atoms with Crippen LogP contribution in [-0.4, -0.2) is 13.0 Å². The Hall–Kier alpha value is -2.59. The van der Waals surface area contributed by atoms with Gasteiger partial charge in [-0.3, -0.25) is 4.79 Å². The molecule has 3 aromatic rings. The summed E-state index contributed by atoms with van der Waals surface area (Å²) in [7, 11) is 1.66. The van der Waals surface area contributed by atoms with E-state index in [-0.39, 0.29) is 11.9 Å². The third kappa shape index (κ3) is 5.20. The van der Waals surface area contributed by atoms with Gasteiger partial charge in [0.2, 0.25) is 0 Å². The molecule has 0 saturated carbocycles. The Kier molecular flexibility index (Phi) is 6.30. The Bertz CT molecular complexity index is 907. The van der Waals surface area contributed by atoms with Crippen LogP contribution in [0.15, 0.2) is 77.3 Å². The average molecular weight is 424 g/mol. The third-order valence-electron chi connectivity index (χ3n) is 4.43. The molecule has 1 N–H and O–H groups in total. The fraction of sp³-hybridized carbons (Fsp3) is 0.174. The van der Waals surface area contributed by atoms with E-state index in [9.17, 15) is 4.79 Å². The molecule has 0 aliphatic carbocycles. The number of carbonyl (C=O) groups is 1. The molecule has 0 bridgehead atoms. The standard InChI is InChI=1S/C23H22BrNO2/c1-16(19-6-4-3-5-7-19)25-23(26)20-13-18(14-21(24)15-20)12-17-8-10-22(27-2)11-9-17/h3-11,13-16H,12H2,1-2H3,(H,25,26). The first-order valence-corrected chi connectivity index (χ1v) is 9.62. The van der Waals surface area contributed by atoms with E-state index in [2.05, 4.69) is 21.2 Å². The van der Waals surface area contributed by atoms with Gasteiger partial charge in [0.05, 0.1) is 13.2 Å². The normalized spacial score (nSPS) is 11.7. The quantitative estimate of drug-likeness (QED) is 0.564. The third-order valence-corrected chi connectivity index (χ3v) is 4.89. The summed E-state index contributed by atoms with van der Waals surface area (Å²) in [5.74, 6) is 0.756. The maximum atomic E-state index is 12.7. The van der Waals surface area contributed by atoms with Crippen LogP contribution >= 0.6 is 15.9 Å². The van der Waals surface area contributed by atoms with Crippen LogP contribution in [0.3, 0.4) is 0 Å². The molecule has 0 aliphatic rings. The zero-order valence-corrected chi connectivity index (χ0v) is 17.0. The number of amides is 1. The number of nitrogens with one attached hydrogen (secondary N) is 1. The SMILES string of the molecule is COc1ccc(Cc2cc(Br)cc(C(=O)NC(C)c3ccccc3)c2)cc1. The second-order valence-electron chi connectivity index (χ2n) is 6.48. The lowest BCUT2D eigenvalue weighted by atomic mass is 10.0. The number of rotatable bonds is 6. The van der Waals surface area contributed by atoms with Crippen molar-refractivity contribution in [1.29, 1.82) is 0 Å². The average Bonchev–Trinajstić information content (AvgIpc) is 2.68. The van der Waals surface area contributed by atoms with Crippen LogP contribution in [0, 0.1) is 0 Å². The smallest absolute Gasteiger partial charge is 0.251 e. The molecule has 3 aromatic carbocycles. The lowest BCUT2D eigenvalue weighted by Crippen LogP contribution is -2.26. The Morgan fingerprint density at radius 3 is 2.37 bits per heavy atom. The van der Waals surface area contributed by atoms with Crippen molar-refractivity contribution >= 4 is 21.8 Å². The number of halogens is 1. The maximum absolute atomic E-state index is 12.7. The molecule has 0 radical (unpaired) electrons. The van der Waals surface area contributed by atoms with Crippen molar-refractivity contribution in [3.8, 4) is 5.75 Å². The fourth-order valence-electron chi connectivity index (χ4n) is 2.97. The van der Waals surface area contributed by atoms with E-state index in [1.807, 2.05) is 79.7 Å². The summed E-state index contributed by atoms with van der Waals surface area (Å²) in [5.41, 5.74) is 3.97. The highest BCUT2D eigenvalue weighted by Gasteiger charge is 2.13. The predicted octanol–water partition coefficient (Wildman–Crippen LogP) is 5.54. The van der Waals surface area contributed by atoms with Crippen molar-refractivity contribution in [3.05, 3.63) is 99.5 Å². The van der Waals surface area contributed by atoms with Gasteiger partial charge in [-0.1, -0.05) is 58.4 Å². The summed E-state index contributed by atoms with van der Waals surface area (Å²) >= 11 is 3.53. The van der Waals surface area contributed by atoms with Crippen LogP contribution in [0.5, 0.6) is 5.75 Å². The van der Waals surface area contributed by atoms with E-state index in [1.54, 1.807) is 7.11 Å². The van der Waals surface area contributed by atoms with Gasteiger partial charge in [0.1, 0.15) is 5.75 Å². The van der Waals surface area contributed by atoms with Gasteiger partial charge in [0, 0.05) is 10.0 Å². The number of hydrogen-bond donors (Lipinski definition) is 1. The lowest BCUT2D eigenvalue weighted by Gasteiger charge is -2.15. The van der Waals surface area contributed by atoms with Crippen molar-refractivity contribution in [2.24, 2.45) is 0 Å². The van der Waals surface area contributed by atoms with Gasteiger partial charge in [0.15, 0.2) is 0 Å². The molecular weight excluding hydrogens is 402 g/mol. The number of carbonyl (C=O) groups excluding carboxylic acids is 1. The Balaban J connectivity index is 1.74. The van der Waals surface area contributed by atoms with E-state index in [1.165, 1.54) is 0 Å². The molecule has 1 amide bonds. The molecule has 0 aliphatic heterocycles. The number of methoxy groups -OCH3 is 1. The van der Waals surface area contributed by atoms with Crippen LogP contribution in [0.1, 0.15) is 40.0 Å². The lowest BCUT2D eigenvalue weighted by molar-refractivity contribution is 0.0939. The van der Waals surface area contributed by atoms with E-state index in [0.29, 0.717) is 5.56 Å². The molecule has 0 saturated heterocycles. The van der Waals surface area contributed by atoms with Gasteiger partial charge in [0.25, 0.3) is 5.91 Å². The molecular formula is C23H22BrNO2. The van der Waals surface area contributed by atoms with E-state index < -0.39 is 0 Å². The van der Waals surface area contributed by atoms with Gasteiger partial charge in [-0.2, -0.15) is 0 Å². The number of hydrogen-bond acceptors (Lipinski definition) is 2. The van der Waals surface area contributed by atoms with E-state index >= 15 is 0 Å². The minimum Gasteiger partial charge on any atom is -0.497 e. The molecule has 0 spiro atoms. The first kappa shape index (κ1) is 19.2. The van der Waals surface area contributed by atoms with Crippen molar-refractivity contribution in [3.63, 3.8) is 0 Å². The van der Waals surface area contributed by atoms with E-state index in [4.69, 9.17) is 4.74 Å². The summed E-state index contributed by atoms with van der Waals surface area (Å²) < 4.78 is 6.10. The predicted molar refractivity (Wildman–Crippen MR) is 112 cm³/mol. The van der Waals surface area contributed by atoms with Gasteiger partial charge in [-0.05, 0) is 60.4 Å². The summed E-state index contributed by atoms with van der Waals surface area (Å²) in [5, 5.41) is 3.07. The fourth-order valence-corrected chi connectivity index (χ4v) is 3.51. The highest BCUT2D eigenvalue weighted by atomic mass is 79.9. The monoisotopic (exact) mass is 423 g/mol. The molecule has 0 heterocycles. The molecule has 1 unspecified atom stereocenters. The van der Waals surface area contributed by atoms with Crippen molar-refractivity contribution in [1.82, 2.24) is 5.32 Å². The van der Waals surface area contributed by atoms with Crippen LogP contribution in [0.4, 0.5) is 0 Å². The van der Waals surface area contributed by atoms with Crippen LogP contribution < -0.4 is 10.1 Å². The Morgan fingerprint density at radius 1 is 1.00 bits per heavy atom. The highest BCUT2D eigenvalue weighted by Crippen LogP contribution is 2.21. The van der Waals surface area contributed by atoms with Gasteiger partial charge >= 0.3 is 0 Å². The first-order chi connectivity index (χ1) is 13.0. The Labute approximate surface area is 168 Å². The highest BCUT2D eigenvalue weighted by molar-refractivity contribution is 9.10. The van der Waals surface area contributed by atoms with Gasteiger partial charge in [-0.25, -0.2) is 0 Å². The molecule has 27 heavy (non-hydrogen) atoms. The van der Waals surface area contributed by atoms with Crippen LogP contribution in [-0.2, 0) is 6.42 Å². The molecule has 3 nitrogen and oxygen atoms in total. The summed E-state index contributed by atoms with van der Waals surface area (Å²) in [4.78, 5) is 12.7. The largest absolute Gasteiger partial charge is 0.497 e. The summed E-state index contributed by atoms with van der Waals surface area (Å²) in [6.07, 6.45) is 0.748. The molecule has 138 valence electrons. The van der Waals surface area contributed by atoms with Gasteiger partial charge in [-0.15, -0.1) is 0 Å². The van der Waals surface area contributed by atoms with Crippen molar-refractivity contribution < 1.29 is 9.53 Å². The number of ether oxygens (including phenoxy) is 1. The van der Waals surface area contributed by atoms with Crippen molar-refractivity contribution in [2.75, 3.05) is 7.11 Å². The Morgan fingerprint density at radius 2 is 1.70 bits per heavy atom. The number of benzene rings is 3. The van der Waals surface area contributed by atoms with Crippen LogP contribution in [0.25, 0.3) is 0 Å². The molecule has 0 aromatic heterocycles. The van der Waals surface area contributed by atoms with Gasteiger partial charge < -0.3 is 10.1 Å². The van der Waals surface area contributed by atoms with Crippen LogP contribution in [0.2, 0.25) is 0 Å². The summed E-state index contributed by atoms with van der Waals surface area (Å²) in [6, 6.07) is 23.7. The van der Waals surface area contributed by atoms with Crippen molar-refractivity contribution in [2.45, 2.75) is 19.4 Å². The topological polar surface area (TPSA) is 38.3 Å². The zero-order chi connectivity index (χ0) is 19.2. The zero-order valence-electron chi connectivity index (χ0n) is 15.4. The van der Waals surface area contributed by atoms with E-state index in [0.717, 1.165) is 33.3 Å². The summed E-state index contributed by atoms with van der Waals surface area (Å²) in [6.45, 7) is 1.99. The molecule has 3 rings (SSSR count).